The van der Waals surface area contributed by atoms with Crippen molar-refractivity contribution in [2.24, 2.45) is 0 Å². The zero-order valence-electron chi connectivity index (χ0n) is 16.8. The average molecular weight is 421 g/mol. The number of hydrogen-bond donors (Lipinski definition) is 1. The van der Waals surface area contributed by atoms with Gasteiger partial charge in [0.15, 0.2) is 0 Å². The van der Waals surface area contributed by atoms with Crippen molar-refractivity contribution in [3.05, 3.63) is 57.6 Å². The van der Waals surface area contributed by atoms with Crippen LogP contribution in [-0.2, 0) is 14.8 Å². The molecule has 0 fully saturated rings. The fourth-order valence-electron chi connectivity index (χ4n) is 2.95. The lowest BCUT2D eigenvalue weighted by Crippen LogP contribution is -2.45. The van der Waals surface area contributed by atoms with Crippen molar-refractivity contribution < 1.29 is 22.9 Å². The number of ether oxygens (including phenoxy) is 1. The van der Waals surface area contributed by atoms with Crippen molar-refractivity contribution in [2.75, 3.05) is 23.0 Å². The van der Waals surface area contributed by atoms with E-state index in [2.05, 4.69) is 5.32 Å². The van der Waals surface area contributed by atoms with Crippen molar-refractivity contribution in [1.82, 2.24) is 0 Å². The van der Waals surface area contributed by atoms with Crippen LogP contribution in [-0.4, -0.2) is 38.7 Å². The molecule has 0 aliphatic carbocycles. The average Bonchev–Trinajstić information content (AvgIpc) is 2.62. The van der Waals surface area contributed by atoms with Crippen LogP contribution in [0.2, 0.25) is 0 Å². The number of benzene rings is 2. The summed E-state index contributed by atoms with van der Waals surface area (Å²) in [6.07, 6.45) is 0.997. The quantitative estimate of drug-likeness (QED) is 0.542. The third kappa shape index (κ3) is 4.83. The second-order valence-corrected chi connectivity index (χ2v) is 8.47. The Hall–Kier alpha value is -3.14. The maximum atomic E-state index is 12.9. The number of methoxy groups -OCH3 is 1. The van der Waals surface area contributed by atoms with Crippen LogP contribution in [0.15, 0.2) is 36.4 Å². The molecular formula is C19H23N3O6S. The van der Waals surface area contributed by atoms with Gasteiger partial charge in [-0.1, -0.05) is 12.1 Å². The first-order valence-electron chi connectivity index (χ1n) is 8.66. The second kappa shape index (κ2) is 8.48. The Kier molecular flexibility index (Phi) is 6.48. The predicted molar refractivity (Wildman–Crippen MR) is 111 cm³/mol. The van der Waals surface area contributed by atoms with Gasteiger partial charge in [-0.3, -0.25) is 19.2 Å². The van der Waals surface area contributed by atoms with Crippen LogP contribution in [0, 0.1) is 24.0 Å². The first-order chi connectivity index (χ1) is 13.5. The fraction of sp³-hybridized carbons (Fsp3) is 0.316. The van der Waals surface area contributed by atoms with E-state index in [1.165, 1.54) is 39.2 Å². The molecule has 0 aliphatic rings. The predicted octanol–water partition coefficient (Wildman–Crippen LogP) is 3.01. The van der Waals surface area contributed by atoms with E-state index in [4.69, 9.17) is 4.74 Å². The molecule has 0 heterocycles. The van der Waals surface area contributed by atoms with Gasteiger partial charge in [-0.25, -0.2) is 8.42 Å². The molecule has 1 atom stereocenters. The highest BCUT2D eigenvalue weighted by molar-refractivity contribution is 7.92. The molecule has 156 valence electrons. The van der Waals surface area contributed by atoms with E-state index in [1.54, 1.807) is 25.1 Å². The van der Waals surface area contributed by atoms with Crippen molar-refractivity contribution in [1.29, 1.82) is 0 Å². The third-order valence-electron chi connectivity index (χ3n) is 4.42. The summed E-state index contributed by atoms with van der Waals surface area (Å²) in [6, 6.07) is 8.16. The van der Waals surface area contributed by atoms with Gasteiger partial charge in [-0.05, 0) is 44.5 Å². The van der Waals surface area contributed by atoms with E-state index in [9.17, 15) is 23.3 Å². The van der Waals surface area contributed by atoms with Gasteiger partial charge < -0.3 is 10.1 Å². The van der Waals surface area contributed by atoms with E-state index < -0.39 is 26.9 Å². The van der Waals surface area contributed by atoms with E-state index in [1.807, 2.05) is 0 Å². The molecule has 0 bridgehead atoms. The Balaban J connectivity index is 2.45. The van der Waals surface area contributed by atoms with Gasteiger partial charge in [0.25, 0.3) is 5.69 Å². The highest BCUT2D eigenvalue weighted by Crippen LogP contribution is 2.33. The summed E-state index contributed by atoms with van der Waals surface area (Å²) in [5.74, 6) is -0.338. The first kappa shape index (κ1) is 22.2. The molecule has 0 spiro atoms. The monoisotopic (exact) mass is 421 g/mol. The summed E-state index contributed by atoms with van der Waals surface area (Å²) in [5.41, 5.74) is 1.39. The minimum Gasteiger partial charge on any atom is -0.495 e. The molecule has 29 heavy (non-hydrogen) atoms. The van der Waals surface area contributed by atoms with Crippen molar-refractivity contribution in [3.8, 4) is 5.75 Å². The molecule has 10 heteroatoms. The molecule has 2 rings (SSSR count). The highest BCUT2D eigenvalue weighted by Gasteiger charge is 2.32. The molecule has 0 aliphatic heterocycles. The molecule has 0 saturated carbocycles. The Morgan fingerprint density at radius 3 is 2.45 bits per heavy atom. The van der Waals surface area contributed by atoms with Crippen LogP contribution in [0.4, 0.5) is 17.1 Å². The SMILES string of the molecule is COc1ccc(C)cc1N(C(C)C(=O)Nc1cccc([N+](=O)[O-])c1C)S(C)(=O)=O. The largest absolute Gasteiger partial charge is 0.495 e. The minimum absolute atomic E-state index is 0.143. The van der Waals surface area contributed by atoms with Crippen LogP contribution < -0.4 is 14.4 Å². The number of nitrogens with zero attached hydrogens (tertiary/aromatic N) is 2. The number of nitrogens with one attached hydrogen (secondary N) is 1. The normalized spacial score (nSPS) is 12.2. The molecular weight excluding hydrogens is 398 g/mol. The van der Waals surface area contributed by atoms with Crippen LogP contribution in [0.25, 0.3) is 0 Å². The van der Waals surface area contributed by atoms with Crippen molar-refractivity contribution >= 4 is 33.0 Å². The van der Waals surface area contributed by atoms with Crippen LogP contribution in [0.5, 0.6) is 5.75 Å². The Morgan fingerprint density at radius 1 is 1.24 bits per heavy atom. The van der Waals surface area contributed by atoms with E-state index in [-0.39, 0.29) is 22.6 Å². The van der Waals surface area contributed by atoms with Crippen molar-refractivity contribution in [2.45, 2.75) is 26.8 Å². The molecule has 1 amide bonds. The maximum Gasteiger partial charge on any atom is 0.274 e. The van der Waals surface area contributed by atoms with Gasteiger partial charge in [0.05, 0.1) is 35.2 Å². The van der Waals surface area contributed by atoms with Gasteiger partial charge in [0.2, 0.25) is 15.9 Å². The van der Waals surface area contributed by atoms with Crippen LogP contribution in [0.1, 0.15) is 18.1 Å². The Morgan fingerprint density at radius 2 is 1.90 bits per heavy atom. The lowest BCUT2D eigenvalue weighted by atomic mass is 10.1. The molecule has 2 aromatic rings. The molecule has 2 aromatic carbocycles. The number of amides is 1. The van der Waals surface area contributed by atoms with Crippen molar-refractivity contribution in [3.63, 3.8) is 0 Å². The zero-order chi connectivity index (χ0) is 21.9. The number of aryl methyl sites for hydroxylation is 1. The number of rotatable bonds is 7. The van der Waals surface area contributed by atoms with Gasteiger partial charge in [0.1, 0.15) is 11.8 Å². The molecule has 0 radical (unpaired) electrons. The van der Waals surface area contributed by atoms with Gasteiger partial charge >= 0.3 is 0 Å². The third-order valence-corrected chi connectivity index (χ3v) is 5.65. The maximum absolute atomic E-state index is 12.9. The number of carbonyl (C=O) groups is 1. The van der Waals surface area contributed by atoms with Gasteiger partial charge in [0, 0.05) is 6.07 Å². The summed E-state index contributed by atoms with van der Waals surface area (Å²) in [6.45, 7) is 4.74. The standard InChI is InChI=1S/C19H23N3O6S/c1-12-9-10-18(28-4)17(11-12)21(29(5,26)27)14(3)19(23)20-15-7-6-8-16(13(15)2)22(24)25/h6-11,14H,1-5H3,(H,20,23). The molecule has 1 N–H and O–H groups in total. The Labute approximate surface area is 169 Å². The molecule has 0 aromatic heterocycles. The van der Waals surface area contributed by atoms with E-state index in [0.717, 1.165) is 16.1 Å². The number of nitro benzene ring substituents is 1. The van der Waals surface area contributed by atoms with E-state index >= 15 is 0 Å². The first-order valence-corrected chi connectivity index (χ1v) is 10.5. The summed E-state index contributed by atoms with van der Waals surface area (Å²) >= 11 is 0. The lowest BCUT2D eigenvalue weighted by Gasteiger charge is -2.29. The summed E-state index contributed by atoms with van der Waals surface area (Å²) < 4.78 is 31.3. The lowest BCUT2D eigenvalue weighted by molar-refractivity contribution is -0.385. The number of carbonyl (C=O) groups excluding carboxylic acids is 1. The van der Waals surface area contributed by atoms with Crippen LogP contribution >= 0.6 is 0 Å². The Bertz CT molecular complexity index is 1050. The molecule has 0 saturated heterocycles. The zero-order valence-corrected chi connectivity index (χ0v) is 17.6. The van der Waals surface area contributed by atoms with Gasteiger partial charge in [-0.2, -0.15) is 0 Å². The summed E-state index contributed by atoms with van der Waals surface area (Å²) in [4.78, 5) is 23.4. The number of nitro groups is 1. The smallest absolute Gasteiger partial charge is 0.274 e. The number of anilines is 2. The summed E-state index contributed by atoms with van der Waals surface area (Å²) in [5, 5.41) is 13.7. The van der Waals surface area contributed by atoms with Gasteiger partial charge in [-0.15, -0.1) is 0 Å². The minimum atomic E-state index is -3.85. The van der Waals surface area contributed by atoms with E-state index in [0.29, 0.717) is 5.75 Å². The number of hydrogen-bond acceptors (Lipinski definition) is 6. The second-order valence-electron chi connectivity index (χ2n) is 6.61. The number of sulfonamides is 1. The topological polar surface area (TPSA) is 119 Å². The highest BCUT2D eigenvalue weighted by atomic mass is 32.2. The fourth-order valence-corrected chi connectivity index (χ4v) is 4.12. The molecule has 9 nitrogen and oxygen atoms in total. The summed E-state index contributed by atoms with van der Waals surface area (Å²) in [7, 11) is -2.44. The molecule has 1 unspecified atom stereocenters. The van der Waals surface area contributed by atoms with Crippen LogP contribution in [0.3, 0.4) is 0 Å².